The Kier molecular flexibility index (Phi) is 6.90. The zero-order valence-electron chi connectivity index (χ0n) is 19.0. The Balaban J connectivity index is 1.56. The van der Waals surface area contributed by atoms with Crippen molar-refractivity contribution in [2.45, 2.75) is 20.8 Å². The Morgan fingerprint density at radius 1 is 0.829 bits per heavy atom. The van der Waals surface area contributed by atoms with Gasteiger partial charge < -0.3 is 10.6 Å². The summed E-state index contributed by atoms with van der Waals surface area (Å²) in [5.41, 5.74) is 4.69. The van der Waals surface area contributed by atoms with Gasteiger partial charge in [-0.3, -0.25) is 14.4 Å². The highest BCUT2D eigenvalue weighted by Gasteiger charge is 2.39. The monoisotopic (exact) mass is 527 g/mol. The predicted molar refractivity (Wildman–Crippen MR) is 141 cm³/mol. The molecular weight excluding hydrogens is 509 g/mol. The highest BCUT2D eigenvalue weighted by Crippen LogP contribution is 2.33. The number of rotatable bonds is 5. The van der Waals surface area contributed by atoms with Gasteiger partial charge in [0.1, 0.15) is 10.7 Å². The molecule has 3 aromatic carbocycles. The van der Waals surface area contributed by atoms with Gasteiger partial charge in [0.25, 0.3) is 17.7 Å². The smallest absolute Gasteiger partial charge is 0.283 e. The normalized spacial score (nSPS) is 13.5. The van der Waals surface area contributed by atoms with Crippen LogP contribution in [0.5, 0.6) is 0 Å². The first-order valence-electron chi connectivity index (χ1n) is 10.6. The molecule has 3 aromatic rings. The molecule has 0 radical (unpaired) electrons. The third-order valence-corrected chi connectivity index (χ3v) is 6.59. The first kappa shape index (κ1) is 24.8. The van der Waals surface area contributed by atoms with Crippen LogP contribution in [0.3, 0.4) is 0 Å². The van der Waals surface area contributed by atoms with E-state index in [0.717, 1.165) is 27.3 Å². The van der Waals surface area contributed by atoms with E-state index in [-0.39, 0.29) is 32.4 Å². The quantitative estimate of drug-likeness (QED) is 0.365. The molecular formula is C26H20Cl3N3O3. The third kappa shape index (κ3) is 4.91. The van der Waals surface area contributed by atoms with Gasteiger partial charge in [0.15, 0.2) is 0 Å². The van der Waals surface area contributed by atoms with Gasteiger partial charge in [-0.1, -0.05) is 58.6 Å². The minimum atomic E-state index is -0.697. The number of aryl methyl sites for hydroxylation is 3. The van der Waals surface area contributed by atoms with E-state index in [0.29, 0.717) is 11.3 Å². The number of imide groups is 1. The number of hydrogen-bond donors (Lipinski definition) is 2. The van der Waals surface area contributed by atoms with Gasteiger partial charge in [0.05, 0.1) is 15.7 Å². The summed E-state index contributed by atoms with van der Waals surface area (Å²) < 4.78 is 0. The Labute approximate surface area is 217 Å². The maximum absolute atomic E-state index is 13.0. The molecule has 0 saturated carbocycles. The Morgan fingerprint density at radius 3 is 2.17 bits per heavy atom. The summed E-state index contributed by atoms with van der Waals surface area (Å²) in [6.45, 7) is 5.87. The largest absolute Gasteiger partial charge is 0.350 e. The van der Waals surface area contributed by atoms with Gasteiger partial charge in [0.2, 0.25) is 0 Å². The summed E-state index contributed by atoms with van der Waals surface area (Å²) in [6, 6.07) is 14.9. The summed E-state index contributed by atoms with van der Waals surface area (Å²) in [5, 5.41) is 6.04. The molecule has 1 aliphatic rings. The molecule has 35 heavy (non-hydrogen) atoms. The van der Waals surface area contributed by atoms with Crippen molar-refractivity contribution >= 4 is 69.6 Å². The highest BCUT2D eigenvalue weighted by molar-refractivity contribution is 6.53. The maximum atomic E-state index is 13.0. The van der Waals surface area contributed by atoms with Crippen molar-refractivity contribution in [3.63, 3.8) is 0 Å². The fourth-order valence-corrected chi connectivity index (χ4v) is 4.42. The molecule has 0 unspecified atom stereocenters. The van der Waals surface area contributed by atoms with E-state index in [9.17, 15) is 14.4 Å². The Hall–Kier alpha value is -3.32. The van der Waals surface area contributed by atoms with Crippen LogP contribution in [0.4, 0.5) is 17.1 Å². The van der Waals surface area contributed by atoms with E-state index in [2.05, 4.69) is 10.6 Å². The van der Waals surface area contributed by atoms with Crippen molar-refractivity contribution in [3.05, 3.63) is 97.6 Å². The zero-order chi connectivity index (χ0) is 25.4. The molecule has 1 heterocycles. The van der Waals surface area contributed by atoms with Crippen molar-refractivity contribution in [1.82, 2.24) is 0 Å². The number of hydrogen-bond acceptors (Lipinski definition) is 4. The molecule has 1 aliphatic heterocycles. The standard InChI is InChI=1S/C26H20Cl3N3O3/c1-13-9-14(2)22(15(3)10-13)31-24(33)16-5-4-6-17(11-16)30-23-21(29)25(34)32(26(23)35)18-7-8-19(27)20(28)12-18/h4-12,30H,1-3H3,(H,31,33). The van der Waals surface area contributed by atoms with Crippen LogP contribution in [-0.2, 0) is 9.59 Å². The van der Waals surface area contributed by atoms with Crippen molar-refractivity contribution in [2.24, 2.45) is 0 Å². The average Bonchev–Trinajstić information content (AvgIpc) is 3.01. The summed E-state index contributed by atoms with van der Waals surface area (Å²) in [6.07, 6.45) is 0. The fourth-order valence-electron chi connectivity index (χ4n) is 3.92. The number of nitrogens with one attached hydrogen (secondary N) is 2. The fraction of sp³-hybridized carbons (Fsp3) is 0.115. The molecule has 6 nitrogen and oxygen atoms in total. The van der Waals surface area contributed by atoms with Crippen LogP contribution in [0.2, 0.25) is 10.0 Å². The molecule has 178 valence electrons. The molecule has 0 bridgehead atoms. The van der Waals surface area contributed by atoms with E-state index >= 15 is 0 Å². The summed E-state index contributed by atoms with van der Waals surface area (Å²) in [5.74, 6) is -1.66. The number of carbonyl (C=O) groups is 3. The first-order valence-corrected chi connectivity index (χ1v) is 11.7. The second-order valence-electron chi connectivity index (χ2n) is 8.17. The molecule has 0 saturated heterocycles. The van der Waals surface area contributed by atoms with E-state index in [1.54, 1.807) is 24.3 Å². The number of halogens is 3. The summed E-state index contributed by atoms with van der Waals surface area (Å²) >= 11 is 18.2. The molecule has 2 N–H and O–H groups in total. The summed E-state index contributed by atoms with van der Waals surface area (Å²) in [4.78, 5) is 39.6. The lowest BCUT2D eigenvalue weighted by Crippen LogP contribution is -2.32. The van der Waals surface area contributed by atoms with Gasteiger partial charge in [0, 0.05) is 16.9 Å². The van der Waals surface area contributed by atoms with Crippen LogP contribution in [0, 0.1) is 20.8 Å². The minimum absolute atomic E-state index is 0.106. The second kappa shape index (κ2) is 9.74. The second-order valence-corrected chi connectivity index (χ2v) is 9.36. The third-order valence-electron chi connectivity index (χ3n) is 5.50. The number of carbonyl (C=O) groups excluding carboxylic acids is 3. The van der Waals surface area contributed by atoms with E-state index < -0.39 is 11.8 Å². The van der Waals surface area contributed by atoms with Gasteiger partial charge >= 0.3 is 0 Å². The van der Waals surface area contributed by atoms with Crippen LogP contribution < -0.4 is 15.5 Å². The predicted octanol–water partition coefficient (Wildman–Crippen LogP) is 6.61. The molecule has 0 fully saturated rings. The van der Waals surface area contributed by atoms with Crippen molar-refractivity contribution in [2.75, 3.05) is 15.5 Å². The zero-order valence-corrected chi connectivity index (χ0v) is 21.3. The first-order chi connectivity index (χ1) is 16.6. The highest BCUT2D eigenvalue weighted by atomic mass is 35.5. The van der Waals surface area contributed by atoms with Crippen molar-refractivity contribution in [1.29, 1.82) is 0 Å². The lowest BCUT2D eigenvalue weighted by Gasteiger charge is -2.16. The molecule has 0 aliphatic carbocycles. The van der Waals surface area contributed by atoms with E-state index in [4.69, 9.17) is 34.8 Å². The number of anilines is 3. The molecule has 3 amide bonds. The van der Waals surface area contributed by atoms with Crippen LogP contribution in [0.25, 0.3) is 0 Å². The van der Waals surface area contributed by atoms with Crippen LogP contribution in [0.1, 0.15) is 27.0 Å². The van der Waals surface area contributed by atoms with Crippen molar-refractivity contribution < 1.29 is 14.4 Å². The minimum Gasteiger partial charge on any atom is -0.350 e. The summed E-state index contributed by atoms with van der Waals surface area (Å²) in [7, 11) is 0. The van der Waals surface area contributed by atoms with Gasteiger partial charge in [-0.25, -0.2) is 4.90 Å². The van der Waals surface area contributed by atoms with Crippen molar-refractivity contribution in [3.8, 4) is 0 Å². The Bertz CT molecular complexity index is 1410. The topological polar surface area (TPSA) is 78.5 Å². The number of benzene rings is 3. The number of amides is 3. The maximum Gasteiger partial charge on any atom is 0.283 e. The average molecular weight is 529 g/mol. The SMILES string of the molecule is Cc1cc(C)c(NC(=O)c2cccc(NC3=C(Cl)C(=O)N(c4ccc(Cl)c(Cl)c4)C3=O)c2)c(C)c1. The van der Waals surface area contributed by atoms with E-state index in [1.165, 1.54) is 18.2 Å². The van der Waals surface area contributed by atoms with E-state index in [1.807, 2.05) is 32.9 Å². The Morgan fingerprint density at radius 2 is 1.51 bits per heavy atom. The molecule has 0 aromatic heterocycles. The van der Waals surface area contributed by atoms with Gasteiger partial charge in [-0.05, 0) is 68.3 Å². The molecule has 0 spiro atoms. The number of nitrogens with zero attached hydrogens (tertiary/aromatic N) is 1. The lowest BCUT2D eigenvalue weighted by molar-refractivity contribution is -0.120. The van der Waals surface area contributed by atoms with Crippen LogP contribution in [0.15, 0.2) is 65.3 Å². The van der Waals surface area contributed by atoms with Gasteiger partial charge in [-0.15, -0.1) is 0 Å². The molecule has 9 heteroatoms. The van der Waals surface area contributed by atoms with Crippen LogP contribution >= 0.6 is 34.8 Å². The lowest BCUT2D eigenvalue weighted by atomic mass is 10.0. The molecule has 0 atom stereocenters. The van der Waals surface area contributed by atoms with Crippen LogP contribution in [-0.4, -0.2) is 17.7 Å². The molecule has 4 rings (SSSR count). The van der Waals surface area contributed by atoms with Gasteiger partial charge in [-0.2, -0.15) is 0 Å².